The number of hydrogen-bond donors (Lipinski definition) is 1. The molecule has 0 aliphatic rings. The van der Waals surface area contributed by atoms with Crippen molar-refractivity contribution in [2.45, 2.75) is 13.5 Å². The molecule has 0 aliphatic carbocycles. The van der Waals surface area contributed by atoms with Crippen LogP contribution in [0.1, 0.15) is 12.5 Å². The molecule has 0 aliphatic heterocycles. The lowest BCUT2D eigenvalue weighted by molar-refractivity contribution is 0.721. The van der Waals surface area contributed by atoms with Gasteiger partial charge in [-0.1, -0.05) is 24.3 Å². The third kappa shape index (κ3) is 2.32. The number of aromatic nitrogens is 4. The fourth-order valence-electron chi connectivity index (χ4n) is 2.02. The largest absolute Gasteiger partial charge is 0.313 e. The van der Waals surface area contributed by atoms with Gasteiger partial charge in [-0.25, -0.2) is 4.68 Å². The molecule has 0 spiro atoms. The first kappa shape index (κ1) is 11.8. The summed E-state index contributed by atoms with van der Waals surface area (Å²) in [5.41, 5.74) is 3.95. The van der Waals surface area contributed by atoms with Crippen LogP contribution < -0.4 is 5.32 Å². The van der Waals surface area contributed by atoms with Crippen LogP contribution in [0.2, 0.25) is 0 Å². The minimum atomic E-state index is 0.809. The molecule has 1 aromatic carbocycles. The maximum atomic E-state index is 4.27. The second-order valence-electron chi connectivity index (χ2n) is 4.32. The van der Waals surface area contributed by atoms with Crippen LogP contribution >= 0.6 is 0 Å². The molecule has 5 nitrogen and oxygen atoms in total. The van der Waals surface area contributed by atoms with E-state index in [0.29, 0.717) is 0 Å². The lowest BCUT2D eigenvalue weighted by Gasteiger charge is -2.05. The normalized spacial score (nSPS) is 11.0. The van der Waals surface area contributed by atoms with Crippen LogP contribution in [0, 0.1) is 0 Å². The quantitative estimate of drug-likeness (QED) is 0.772. The zero-order valence-corrected chi connectivity index (χ0v) is 10.7. The van der Waals surface area contributed by atoms with Crippen molar-refractivity contribution in [2.24, 2.45) is 0 Å². The van der Waals surface area contributed by atoms with Gasteiger partial charge in [0, 0.05) is 12.7 Å². The number of hydrogen-bond acceptors (Lipinski definition) is 4. The van der Waals surface area contributed by atoms with Gasteiger partial charge < -0.3 is 5.32 Å². The molecule has 96 valence electrons. The first-order valence-corrected chi connectivity index (χ1v) is 6.34. The molecule has 0 saturated heterocycles. The van der Waals surface area contributed by atoms with E-state index in [9.17, 15) is 0 Å². The Morgan fingerprint density at radius 3 is 3.00 bits per heavy atom. The molecule has 2 aromatic heterocycles. The Bertz CT molecular complexity index is 689. The lowest BCUT2D eigenvalue weighted by atomic mass is 10.2. The van der Waals surface area contributed by atoms with Crippen LogP contribution in [0.15, 0.2) is 42.7 Å². The molecule has 0 atom stereocenters. The Balaban J connectivity index is 2.01. The molecule has 0 amide bonds. The van der Waals surface area contributed by atoms with Crippen molar-refractivity contribution in [2.75, 3.05) is 6.54 Å². The van der Waals surface area contributed by atoms with Gasteiger partial charge in [0.1, 0.15) is 5.52 Å². The molecule has 2 heterocycles. The van der Waals surface area contributed by atoms with Gasteiger partial charge in [-0.05, 0) is 30.3 Å². The first-order valence-electron chi connectivity index (χ1n) is 6.34. The van der Waals surface area contributed by atoms with E-state index in [-0.39, 0.29) is 0 Å². The molecule has 0 saturated carbocycles. The van der Waals surface area contributed by atoms with Crippen LogP contribution in [0.25, 0.3) is 16.7 Å². The van der Waals surface area contributed by atoms with Crippen molar-refractivity contribution in [1.29, 1.82) is 0 Å². The van der Waals surface area contributed by atoms with E-state index in [4.69, 9.17) is 0 Å². The summed E-state index contributed by atoms with van der Waals surface area (Å²) < 4.78 is 1.82. The molecular weight excluding hydrogens is 238 g/mol. The van der Waals surface area contributed by atoms with Crippen molar-refractivity contribution in [3.63, 3.8) is 0 Å². The number of rotatable bonds is 4. The highest BCUT2D eigenvalue weighted by atomic mass is 15.4. The van der Waals surface area contributed by atoms with Crippen LogP contribution in [-0.4, -0.2) is 26.5 Å². The minimum Gasteiger partial charge on any atom is -0.313 e. The topological polar surface area (TPSA) is 55.6 Å². The summed E-state index contributed by atoms with van der Waals surface area (Å²) in [6.07, 6.45) is 3.67. The van der Waals surface area contributed by atoms with Gasteiger partial charge in [-0.2, -0.15) is 0 Å². The minimum absolute atomic E-state index is 0.809. The fraction of sp³-hybridized carbons (Fsp3) is 0.214. The zero-order valence-electron chi connectivity index (χ0n) is 10.7. The zero-order chi connectivity index (χ0) is 13.1. The summed E-state index contributed by atoms with van der Waals surface area (Å²) in [7, 11) is 0. The smallest absolute Gasteiger partial charge is 0.113 e. The van der Waals surface area contributed by atoms with Crippen LogP contribution in [0.5, 0.6) is 0 Å². The number of benzene rings is 1. The number of nitrogens with one attached hydrogen (secondary N) is 1. The van der Waals surface area contributed by atoms with Crippen molar-refractivity contribution in [3.8, 4) is 5.69 Å². The number of para-hydroxylation sites is 1. The van der Waals surface area contributed by atoms with Gasteiger partial charge in [-0.3, -0.25) is 4.98 Å². The van der Waals surface area contributed by atoms with Gasteiger partial charge in [0.25, 0.3) is 0 Å². The Kier molecular flexibility index (Phi) is 3.20. The van der Waals surface area contributed by atoms with Gasteiger partial charge in [0.15, 0.2) is 0 Å². The van der Waals surface area contributed by atoms with E-state index < -0.39 is 0 Å². The van der Waals surface area contributed by atoms with E-state index >= 15 is 0 Å². The highest BCUT2D eigenvalue weighted by Gasteiger charge is 2.06. The van der Waals surface area contributed by atoms with Crippen LogP contribution in [-0.2, 0) is 6.54 Å². The Morgan fingerprint density at radius 2 is 2.11 bits per heavy atom. The molecule has 0 bridgehead atoms. The van der Waals surface area contributed by atoms with Crippen molar-refractivity contribution in [3.05, 3.63) is 48.3 Å². The Labute approximate surface area is 111 Å². The third-order valence-corrected chi connectivity index (χ3v) is 2.96. The van der Waals surface area contributed by atoms with Gasteiger partial charge in [0.05, 0.1) is 17.4 Å². The number of nitrogens with zero attached hydrogens (tertiary/aromatic N) is 4. The van der Waals surface area contributed by atoms with E-state index in [1.807, 2.05) is 35.1 Å². The highest BCUT2D eigenvalue weighted by molar-refractivity contribution is 5.75. The van der Waals surface area contributed by atoms with E-state index in [2.05, 4.69) is 33.6 Å². The lowest BCUT2D eigenvalue weighted by Crippen LogP contribution is -2.12. The first-order chi connectivity index (χ1) is 9.38. The molecule has 3 aromatic rings. The predicted octanol–water partition coefficient (Wildman–Crippen LogP) is 1.92. The monoisotopic (exact) mass is 253 g/mol. The van der Waals surface area contributed by atoms with Gasteiger partial charge in [0.2, 0.25) is 0 Å². The van der Waals surface area contributed by atoms with Crippen molar-refractivity contribution in [1.82, 2.24) is 25.3 Å². The predicted molar refractivity (Wildman–Crippen MR) is 74.0 cm³/mol. The van der Waals surface area contributed by atoms with Crippen molar-refractivity contribution >= 4 is 11.0 Å². The van der Waals surface area contributed by atoms with E-state index in [0.717, 1.165) is 35.4 Å². The maximum absolute atomic E-state index is 4.27. The standard InChI is InChI=1S/C14H15N5/c1-2-15-8-11-7-12(10-16-9-11)19-14-6-4-3-5-13(14)17-18-19/h3-7,9-10,15H,2,8H2,1H3. The number of pyridine rings is 1. The fourth-order valence-corrected chi connectivity index (χ4v) is 2.02. The SMILES string of the molecule is CCNCc1cncc(-n2nnc3ccccc32)c1. The summed E-state index contributed by atoms with van der Waals surface area (Å²) in [5.74, 6) is 0. The molecule has 3 rings (SSSR count). The molecular formula is C14H15N5. The summed E-state index contributed by atoms with van der Waals surface area (Å²) >= 11 is 0. The summed E-state index contributed by atoms with van der Waals surface area (Å²) in [4.78, 5) is 4.27. The average molecular weight is 253 g/mol. The maximum Gasteiger partial charge on any atom is 0.113 e. The second-order valence-corrected chi connectivity index (χ2v) is 4.32. The Morgan fingerprint density at radius 1 is 1.21 bits per heavy atom. The molecule has 0 fully saturated rings. The second kappa shape index (κ2) is 5.16. The molecule has 1 N–H and O–H groups in total. The number of fused-ring (bicyclic) bond motifs is 1. The van der Waals surface area contributed by atoms with E-state index in [1.54, 1.807) is 6.20 Å². The van der Waals surface area contributed by atoms with E-state index in [1.165, 1.54) is 0 Å². The molecule has 0 unspecified atom stereocenters. The molecule has 19 heavy (non-hydrogen) atoms. The summed E-state index contributed by atoms with van der Waals surface area (Å²) in [6, 6.07) is 9.98. The van der Waals surface area contributed by atoms with Crippen LogP contribution in [0.3, 0.4) is 0 Å². The third-order valence-electron chi connectivity index (χ3n) is 2.96. The molecule has 5 heteroatoms. The summed E-state index contributed by atoms with van der Waals surface area (Å²) in [5, 5.41) is 11.6. The van der Waals surface area contributed by atoms with Crippen LogP contribution in [0.4, 0.5) is 0 Å². The average Bonchev–Trinajstić information content (AvgIpc) is 2.89. The van der Waals surface area contributed by atoms with Gasteiger partial charge in [-0.15, -0.1) is 5.10 Å². The Hall–Kier alpha value is -2.27. The van der Waals surface area contributed by atoms with Crippen molar-refractivity contribution < 1.29 is 0 Å². The molecule has 0 radical (unpaired) electrons. The summed E-state index contributed by atoms with van der Waals surface area (Å²) in [6.45, 7) is 3.84. The highest BCUT2D eigenvalue weighted by Crippen LogP contribution is 2.15. The van der Waals surface area contributed by atoms with Gasteiger partial charge >= 0.3 is 0 Å².